The van der Waals surface area contributed by atoms with Crippen LogP contribution in [-0.2, 0) is 4.74 Å². The van der Waals surface area contributed by atoms with Gasteiger partial charge in [-0.2, -0.15) is 0 Å². The number of amides is 1. The van der Waals surface area contributed by atoms with E-state index in [9.17, 15) is 14.7 Å². The van der Waals surface area contributed by atoms with Crippen LogP contribution in [0.25, 0.3) is 0 Å². The van der Waals surface area contributed by atoms with E-state index < -0.39 is 17.8 Å². The highest BCUT2D eigenvalue weighted by atomic mass is 32.2. The standard InChI is InChI=1S/C19H27NO4S/c1-19(2,3)24-18(23)20-12-11-13-9-10-15(21)16(13)25-17(22)14-7-5-4-6-8-14/h4-8,13,15-16,21H,9-12H2,1-3H3,(H,20,23)/t13-,15-,16-/m0/s1. The lowest BCUT2D eigenvalue weighted by Gasteiger charge is -2.22. The molecular weight excluding hydrogens is 338 g/mol. The Kier molecular flexibility index (Phi) is 6.90. The number of ether oxygens (including phenoxy) is 1. The van der Waals surface area contributed by atoms with E-state index in [-0.39, 0.29) is 16.3 Å². The summed E-state index contributed by atoms with van der Waals surface area (Å²) >= 11 is 1.21. The molecule has 0 aromatic heterocycles. The minimum absolute atomic E-state index is 0.0170. The first-order chi connectivity index (χ1) is 11.8. The third-order valence-corrected chi connectivity index (χ3v) is 5.53. The van der Waals surface area contributed by atoms with E-state index in [4.69, 9.17) is 4.74 Å². The van der Waals surface area contributed by atoms with Gasteiger partial charge in [-0.05, 0) is 46.0 Å². The lowest BCUT2D eigenvalue weighted by Crippen LogP contribution is -2.34. The average Bonchev–Trinajstić information content (AvgIpc) is 2.87. The quantitative estimate of drug-likeness (QED) is 0.834. The topological polar surface area (TPSA) is 75.6 Å². The summed E-state index contributed by atoms with van der Waals surface area (Å²) in [7, 11) is 0. The van der Waals surface area contributed by atoms with Crippen molar-refractivity contribution in [3.63, 3.8) is 0 Å². The predicted molar refractivity (Wildman–Crippen MR) is 99.7 cm³/mol. The molecule has 0 radical (unpaired) electrons. The zero-order valence-corrected chi connectivity index (χ0v) is 15.8. The van der Waals surface area contributed by atoms with E-state index in [2.05, 4.69) is 5.32 Å². The molecule has 1 aromatic carbocycles. The van der Waals surface area contributed by atoms with Crippen molar-refractivity contribution in [3.8, 4) is 0 Å². The number of carbonyl (C=O) groups is 2. The molecule has 0 unspecified atom stereocenters. The van der Waals surface area contributed by atoms with Crippen LogP contribution in [0.4, 0.5) is 4.79 Å². The number of thioether (sulfide) groups is 1. The highest BCUT2D eigenvalue weighted by molar-refractivity contribution is 8.14. The molecule has 0 saturated heterocycles. The van der Waals surface area contributed by atoms with Crippen LogP contribution in [0.1, 0.15) is 50.4 Å². The summed E-state index contributed by atoms with van der Waals surface area (Å²) in [5, 5.41) is 12.8. The van der Waals surface area contributed by atoms with Crippen LogP contribution in [0.15, 0.2) is 30.3 Å². The van der Waals surface area contributed by atoms with Crippen LogP contribution in [0.5, 0.6) is 0 Å². The van der Waals surface area contributed by atoms with Crippen LogP contribution < -0.4 is 5.32 Å². The van der Waals surface area contributed by atoms with Gasteiger partial charge in [0, 0.05) is 17.4 Å². The molecule has 5 nitrogen and oxygen atoms in total. The van der Waals surface area contributed by atoms with Crippen molar-refractivity contribution in [2.45, 2.75) is 57.0 Å². The van der Waals surface area contributed by atoms with Gasteiger partial charge in [0.1, 0.15) is 5.60 Å². The lowest BCUT2D eigenvalue weighted by molar-refractivity contribution is 0.0525. The van der Waals surface area contributed by atoms with Gasteiger partial charge in [0.2, 0.25) is 5.12 Å². The Hall–Kier alpha value is -1.53. The first kappa shape index (κ1) is 19.8. The minimum atomic E-state index is -0.520. The predicted octanol–water partition coefficient (Wildman–Crippen LogP) is 3.61. The molecule has 1 fully saturated rings. The van der Waals surface area contributed by atoms with Crippen LogP contribution >= 0.6 is 11.8 Å². The lowest BCUT2D eigenvalue weighted by atomic mass is 10.0. The van der Waals surface area contributed by atoms with E-state index in [0.29, 0.717) is 18.5 Å². The van der Waals surface area contributed by atoms with Gasteiger partial charge in [0.25, 0.3) is 0 Å². The van der Waals surface area contributed by atoms with Gasteiger partial charge >= 0.3 is 6.09 Å². The Bertz CT molecular complexity index is 585. The number of nitrogens with one attached hydrogen (secondary N) is 1. The summed E-state index contributed by atoms with van der Waals surface area (Å²) < 4.78 is 5.21. The van der Waals surface area contributed by atoms with E-state index in [1.54, 1.807) is 12.1 Å². The van der Waals surface area contributed by atoms with Crippen molar-refractivity contribution in [2.24, 2.45) is 5.92 Å². The molecule has 0 aliphatic heterocycles. The van der Waals surface area contributed by atoms with Crippen molar-refractivity contribution in [1.29, 1.82) is 0 Å². The monoisotopic (exact) mass is 365 g/mol. The Morgan fingerprint density at radius 3 is 2.56 bits per heavy atom. The maximum atomic E-state index is 12.4. The maximum absolute atomic E-state index is 12.4. The molecule has 0 heterocycles. The second-order valence-electron chi connectivity index (χ2n) is 7.36. The summed E-state index contributed by atoms with van der Waals surface area (Å²) in [4.78, 5) is 24.1. The second-order valence-corrected chi connectivity index (χ2v) is 8.51. The zero-order chi connectivity index (χ0) is 18.4. The van der Waals surface area contributed by atoms with E-state index in [1.807, 2.05) is 39.0 Å². The van der Waals surface area contributed by atoms with Gasteiger partial charge in [0.15, 0.2) is 0 Å². The van der Waals surface area contributed by atoms with Crippen LogP contribution in [0.2, 0.25) is 0 Å². The number of rotatable bonds is 5. The first-order valence-corrected chi connectivity index (χ1v) is 9.55. The zero-order valence-electron chi connectivity index (χ0n) is 15.0. The Balaban J connectivity index is 1.84. The molecule has 138 valence electrons. The van der Waals surface area contributed by atoms with Crippen LogP contribution in [-0.4, -0.2) is 39.8 Å². The van der Waals surface area contributed by atoms with E-state index >= 15 is 0 Å². The molecule has 1 amide bonds. The van der Waals surface area contributed by atoms with E-state index in [1.165, 1.54) is 11.8 Å². The van der Waals surface area contributed by atoms with Crippen molar-refractivity contribution in [3.05, 3.63) is 35.9 Å². The molecule has 0 bridgehead atoms. The SMILES string of the molecule is CC(C)(C)OC(=O)NCC[C@@H]1CC[C@H](O)[C@H]1SC(=O)c1ccccc1. The third kappa shape index (κ3) is 6.36. The number of aliphatic hydroxyl groups is 1. The molecule has 1 aliphatic carbocycles. The summed E-state index contributed by atoms with van der Waals surface area (Å²) in [6.07, 6.45) is 1.35. The average molecular weight is 365 g/mol. The van der Waals surface area contributed by atoms with Gasteiger partial charge in [0.05, 0.1) is 6.10 Å². The molecule has 2 N–H and O–H groups in total. The number of aliphatic hydroxyl groups excluding tert-OH is 1. The van der Waals surface area contributed by atoms with Crippen molar-refractivity contribution in [1.82, 2.24) is 5.32 Å². The highest BCUT2D eigenvalue weighted by Crippen LogP contribution is 2.38. The Morgan fingerprint density at radius 2 is 1.92 bits per heavy atom. The largest absolute Gasteiger partial charge is 0.444 e. The Labute approximate surface area is 153 Å². The van der Waals surface area contributed by atoms with Crippen LogP contribution in [0, 0.1) is 5.92 Å². The summed E-state index contributed by atoms with van der Waals surface area (Å²) in [6.45, 7) is 5.94. The van der Waals surface area contributed by atoms with Gasteiger partial charge in [-0.3, -0.25) is 4.79 Å². The molecule has 0 spiro atoms. The van der Waals surface area contributed by atoms with Gasteiger partial charge in [-0.25, -0.2) is 4.79 Å². The molecule has 6 heteroatoms. The normalized spacial score (nSPS) is 23.3. The third-order valence-electron chi connectivity index (χ3n) is 4.11. The van der Waals surface area contributed by atoms with Crippen LogP contribution in [0.3, 0.4) is 0 Å². The molecule has 1 saturated carbocycles. The maximum Gasteiger partial charge on any atom is 0.407 e. The summed E-state index contributed by atoms with van der Waals surface area (Å²) in [5.41, 5.74) is 0.130. The number of hydrogen-bond acceptors (Lipinski definition) is 5. The van der Waals surface area contributed by atoms with Gasteiger partial charge in [-0.15, -0.1) is 0 Å². The molecule has 3 atom stereocenters. The Morgan fingerprint density at radius 1 is 1.24 bits per heavy atom. The van der Waals surface area contributed by atoms with Crippen molar-refractivity contribution < 1.29 is 19.4 Å². The van der Waals surface area contributed by atoms with Crippen molar-refractivity contribution >= 4 is 23.0 Å². The number of alkyl carbamates (subject to hydrolysis) is 1. The smallest absolute Gasteiger partial charge is 0.407 e. The summed E-state index contributed by atoms with van der Waals surface area (Å²) in [6, 6.07) is 9.12. The van der Waals surface area contributed by atoms with E-state index in [0.717, 1.165) is 12.8 Å². The van der Waals surface area contributed by atoms with Gasteiger partial charge in [-0.1, -0.05) is 42.1 Å². The fourth-order valence-corrected chi connectivity index (χ4v) is 4.23. The molecule has 25 heavy (non-hydrogen) atoms. The van der Waals surface area contributed by atoms with Crippen molar-refractivity contribution in [2.75, 3.05) is 6.54 Å². The molecule has 2 rings (SSSR count). The highest BCUT2D eigenvalue weighted by Gasteiger charge is 2.37. The van der Waals surface area contributed by atoms with Gasteiger partial charge < -0.3 is 15.2 Å². The number of carbonyl (C=O) groups excluding carboxylic acids is 2. The fraction of sp³-hybridized carbons (Fsp3) is 0.579. The fourth-order valence-electron chi connectivity index (χ4n) is 2.95. The molecular formula is C19H27NO4S. The number of hydrogen-bond donors (Lipinski definition) is 2. The number of benzene rings is 1. The molecule has 1 aliphatic rings. The summed E-state index contributed by atoms with van der Waals surface area (Å²) in [5.74, 6) is 0.197. The first-order valence-electron chi connectivity index (χ1n) is 8.67. The minimum Gasteiger partial charge on any atom is -0.444 e. The molecule has 1 aromatic rings. The second kappa shape index (κ2) is 8.72.